The minimum atomic E-state index is -1.37. The van der Waals surface area contributed by atoms with Gasteiger partial charge in [-0.05, 0) is 119 Å². The van der Waals surface area contributed by atoms with Crippen LogP contribution in [0.15, 0.2) is 220 Å². The van der Waals surface area contributed by atoms with Gasteiger partial charge >= 0.3 is 38.1 Å². The highest BCUT2D eigenvalue weighted by molar-refractivity contribution is 6.58. The lowest BCUT2D eigenvalue weighted by molar-refractivity contribution is -0.138. The summed E-state index contributed by atoms with van der Waals surface area (Å²) in [6.07, 6.45) is 19.7. The monoisotopic (exact) mass is 1570 g/mol. The Balaban J connectivity index is 0.000000421. The lowest BCUT2D eigenvalue weighted by atomic mass is 9.80. The molecule has 8 aromatic heterocycles. The van der Waals surface area contributed by atoms with E-state index in [9.17, 15) is 19.2 Å². The molecule has 38 heteroatoms. The van der Waals surface area contributed by atoms with Crippen molar-refractivity contribution in [2.24, 2.45) is 12.8 Å². The number of aromatic carboxylic acids is 3. The van der Waals surface area contributed by atoms with Crippen LogP contribution in [-0.2, 0) is 24.7 Å². The van der Waals surface area contributed by atoms with Crippen molar-refractivity contribution in [1.29, 1.82) is 0 Å². The van der Waals surface area contributed by atoms with Crippen molar-refractivity contribution in [2.75, 3.05) is 36.3 Å². The van der Waals surface area contributed by atoms with Crippen molar-refractivity contribution in [2.45, 2.75) is 87.1 Å². The highest BCUT2D eigenvalue weighted by atomic mass is 16.4. The van der Waals surface area contributed by atoms with Crippen LogP contribution in [0.5, 0.6) is 5.75 Å². The summed E-state index contributed by atoms with van der Waals surface area (Å²) in [5.74, 6) is 3.44. The van der Waals surface area contributed by atoms with E-state index in [0.29, 0.717) is 28.2 Å². The van der Waals surface area contributed by atoms with Crippen molar-refractivity contribution in [3.05, 3.63) is 289 Å². The van der Waals surface area contributed by atoms with E-state index in [4.69, 9.17) is 68.7 Å². The first-order valence-corrected chi connectivity index (χ1v) is 34.5. The zero-order valence-electron chi connectivity index (χ0n) is 65.3. The van der Waals surface area contributed by atoms with E-state index in [1.807, 2.05) is 132 Å². The molecule has 23 N–H and O–H groups in total. The van der Waals surface area contributed by atoms with Crippen LogP contribution in [0.25, 0.3) is 11.0 Å². The fourth-order valence-corrected chi connectivity index (χ4v) is 8.05. The number of aliphatic carboxylic acids is 1. The number of benzene rings is 6. The van der Waals surface area contributed by atoms with Crippen molar-refractivity contribution < 1.29 is 64.8 Å². The van der Waals surface area contributed by atoms with E-state index in [2.05, 4.69) is 101 Å². The highest BCUT2D eigenvalue weighted by Crippen LogP contribution is 2.17. The van der Waals surface area contributed by atoms with E-state index < -0.39 is 44.2 Å². The van der Waals surface area contributed by atoms with Crippen LogP contribution < -0.4 is 38.9 Å². The van der Waals surface area contributed by atoms with Crippen molar-refractivity contribution in [3.8, 4) is 5.75 Å². The number of rotatable bonds is 11. The van der Waals surface area contributed by atoms with Crippen LogP contribution in [0, 0.1) is 41.5 Å². The van der Waals surface area contributed by atoms with Crippen LogP contribution in [0.1, 0.15) is 109 Å². The van der Waals surface area contributed by atoms with Crippen LogP contribution in [0.3, 0.4) is 0 Å². The normalized spacial score (nSPS) is 9.81. The Morgan fingerprint density at radius 1 is 0.596 bits per heavy atom. The maximum absolute atomic E-state index is 10.5. The minimum absolute atomic E-state index is 0.0671. The molecule has 0 aliphatic heterocycles. The number of nitrogens with one attached hydrogen (secondary N) is 6. The molecule has 36 nitrogen and oxygen atoms in total. The fourth-order valence-electron chi connectivity index (χ4n) is 8.05. The average molecular weight is 1570 g/mol. The second-order valence-corrected chi connectivity index (χ2v) is 24.2. The zero-order valence-corrected chi connectivity index (χ0v) is 65.3. The third-order valence-corrected chi connectivity index (χ3v) is 14.4. The number of nitrogens with two attached hydrogens (primary N) is 4. The number of hydrogen-bond donors (Lipinski definition) is 19. The number of carbonyl (C=O) groups is 4. The van der Waals surface area contributed by atoms with Crippen LogP contribution in [0.2, 0.25) is 0 Å². The van der Waals surface area contributed by atoms with Crippen molar-refractivity contribution in [1.82, 2.24) is 89.9 Å². The molecule has 1 unspecified atom stereocenters. The highest BCUT2D eigenvalue weighted by Gasteiger charge is 2.13. The second-order valence-electron chi connectivity index (χ2n) is 24.2. The molecule has 14 aromatic rings. The van der Waals surface area contributed by atoms with Gasteiger partial charge in [0.15, 0.2) is 0 Å². The Labute approximate surface area is 659 Å². The molecule has 14 rings (SSSR count). The second kappa shape index (κ2) is 53.7. The number of hydrogen-bond acceptors (Lipinski definition) is 24. The molecule has 0 saturated heterocycles. The molecule has 8 heterocycles. The Bertz CT molecular complexity index is 4690. The molecule has 114 heavy (non-hydrogen) atoms. The first-order chi connectivity index (χ1) is 54.1. The summed E-state index contributed by atoms with van der Waals surface area (Å²) in [4.78, 5) is 74.8. The first kappa shape index (κ1) is 96.0. The quantitative estimate of drug-likeness (QED) is 0.0362. The molecule has 0 aliphatic rings. The summed E-state index contributed by atoms with van der Waals surface area (Å²) in [7, 11) is 3.09. The van der Waals surface area contributed by atoms with Gasteiger partial charge in [-0.25, -0.2) is 44.0 Å². The molecule has 0 aliphatic carbocycles. The predicted molar refractivity (Wildman–Crippen MR) is 439 cm³/mol. The lowest BCUT2D eigenvalue weighted by Crippen LogP contribution is -2.32. The maximum Gasteiger partial charge on any atom is 0.488 e. The van der Waals surface area contributed by atoms with Gasteiger partial charge in [-0.3, -0.25) is 9.89 Å². The van der Waals surface area contributed by atoms with Gasteiger partial charge in [-0.1, -0.05) is 112 Å². The Hall–Kier alpha value is -14.1. The molecule has 0 amide bonds. The number of aromatic hydroxyl groups is 1. The molecule has 6 aromatic carbocycles. The smallest absolute Gasteiger partial charge is 0.488 e. The molecule has 604 valence electrons. The number of anilines is 3. The molecule has 0 fully saturated rings. The molecular formula is C76H101B2N23O13. The number of aromatic nitrogens is 18. The number of imidazole rings is 5. The summed E-state index contributed by atoms with van der Waals surface area (Å²) in [5.41, 5.74) is 28.0. The van der Waals surface area contributed by atoms with Crippen LogP contribution >= 0.6 is 0 Å². The summed E-state index contributed by atoms with van der Waals surface area (Å²) in [6.45, 7) is 18.0. The van der Waals surface area contributed by atoms with E-state index in [1.54, 1.807) is 117 Å². The van der Waals surface area contributed by atoms with Gasteiger partial charge in [-0.2, -0.15) is 20.5 Å². The average Bonchev–Trinajstić information content (AvgIpc) is 1.60. The van der Waals surface area contributed by atoms with E-state index >= 15 is 0 Å². The van der Waals surface area contributed by atoms with Gasteiger partial charge in [0.05, 0.1) is 41.5 Å². The Morgan fingerprint density at radius 2 is 1.16 bits per heavy atom. The van der Waals surface area contributed by atoms with E-state index in [-0.39, 0.29) is 28.9 Å². The Kier molecular flexibility index (Phi) is 45.2. The fraction of sp³-hybridized carbons (Fsp3) is 0.211. The summed E-state index contributed by atoms with van der Waals surface area (Å²) in [6, 6.07) is 41.7. The summed E-state index contributed by atoms with van der Waals surface area (Å²) >= 11 is 0. The minimum Gasteiger partial charge on any atom is -0.507 e. The number of aryl methyl sites for hydroxylation is 8. The van der Waals surface area contributed by atoms with Gasteiger partial charge in [0.1, 0.15) is 52.7 Å². The van der Waals surface area contributed by atoms with E-state index in [0.717, 1.165) is 74.5 Å². The number of nitrogens with zero attached hydrogens (tertiary/aromatic N) is 13. The SMILES string of the molecule is CC(C)c1ncc[nH]1.CCc1ncc(C)[nH]1.CN(C)c1ccc(B(O)O)cc1.Cc1cc(C)[nH]n1.Cc1cccc(C(=O)O)c1N.Cc1nc[nH]c1C.Cn1ccnc1.NC(Cc1cnc[nH]1)C(=O)O.Nc1ccccc1C(=O)O.Nn1cnnc1.O=C(O)c1ccccc1O.OB(O)c1ccccc1.c1ccc2n[nH]nc2c1. The molecule has 0 saturated carbocycles. The molecule has 0 bridgehead atoms. The van der Waals surface area contributed by atoms with Crippen molar-refractivity contribution in [3.63, 3.8) is 0 Å². The van der Waals surface area contributed by atoms with Crippen molar-refractivity contribution >= 4 is 77.1 Å². The number of carboxylic acid groups (broad SMARTS) is 4. The van der Waals surface area contributed by atoms with Gasteiger partial charge < -0.3 is 98.1 Å². The number of H-pyrrole nitrogens is 6. The third-order valence-electron chi connectivity index (χ3n) is 14.4. The largest absolute Gasteiger partial charge is 0.507 e. The number of para-hydroxylation sites is 5. The van der Waals surface area contributed by atoms with Gasteiger partial charge in [0.25, 0.3) is 0 Å². The van der Waals surface area contributed by atoms with Gasteiger partial charge in [-0.15, -0.1) is 10.2 Å². The summed E-state index contributed by atoms with van der Waals surface area (Å²) < 4.78 is 3.17. The third kappa shape index (κ3) is 40.4. The zero-order chi connectivity index (χ0) is 85.1. The summed E-state index contributed by atoms with van der Waals surface area (Å²) in [5, 5.41) is 101. The standard InChI is InChI=1S/C8H12BNO2.C8H9NO2.C7H7NO2.C7H6O3.C6H7BO2.C6H9N3O2.C6H5N3.2C6H10N2.2C5H8N2.C4H6N2.C2H4N4/c1-10(2)8-5-3-7(4-6-8)9(11)12;1-5-3-2-4-6(7(5)9)8(10)11;2*8-6-4-2-1-3-5(6)7(9)10;8-7(9)6-4-2-1-3-5-6;7-5(6(10)11)1-4-2-8-3-9-4;1-2-4-6-5(3-1)7-9-8-6;1-5(2)6-7-3-4-8-6;1-3-6-7-4-5(2)8-6;1-4-5(2)7-3-6-4;1-4-3-5(2)7-6-4;1-6-3-2-5-4-6;3-6-1-4-5-2-6/h3-6,11-12H,1-2H3;2-4H,9H2,1H3,(H,10,11);1-4H,8H2,(H,9,10);1-4,8H,(H,9,10);1-5,8-9H;2-3,5H,1,7H2,(H,8,9)(H,10,11);1-4H,(H,7,8,9);3-5H,1-2H3,(H,7,8);4H,3H2,1-2H3,(H,7,8);2*3H,1-2H3,(H,6,7);2-4H,1H3;1-2H,3H2. The van der Waals surface area contributed by atoms with Gasteiger partial charge in [0.2, 0.25) is 0 Å². The first-order valence-electron chi connectivity index (χ1n) is 34.5. The number of aromatic amines is 6. The van der Waals surface area contributed by atoms with Crippen LogP contribution in [-0.4, -0.2) is 194 Å². The molecule has 1 atom stereocenters. The number of fused-ring (bicyclic) bond motifs is 1. The Morgan fingerprint density at radius 3 is 1.48 bits per heavy atom. The number of nitrogen functional groups attached to an aromatic ring is 3. The maximum atomic E-state index is 10.5. The number of phenols is 1. The lowest BCUT2D eigenvalue weighted by Gasteiger charge is -2.12. The van der Waals surface area contributed by atoms with Crippen LogP contribution in [0.4, 0.5) is 17.1 Å². The molecule has 0 spiro atoms. The predicted octanol–water partition coefficient (Wildman–Crippen LogP) is 6.73. The molecule has 0 radical (unpaired) electrons. The topological polar surface area (TPSA) is 591 Å². The number of carboxylic acids is 4. The molecular weight excluding hydrogens is 1460 g/mol. The van der Waals surface area contributed by atoms with E-state index in [1.165, 1.54) is 47.9 Å². The van der Waals surface area contributed by atoms with Gasteiger partial charge in [0, 0.05) is 117 Å².